The maximum absolute atomic E-state index is 11.6. The number of carboxylic acid groups (broad SMARTS) is 1. The Balaban J connectivity index is 1.30. The van der Waals surface area contributed by atoms with Crippen LogP contribution in [0.3, 0.4) is 0 Å². The Morgan fingerprint density at radius 1 is 1.31 bits per heavy atom. The van der Waals surface area contributed by atoms with Crippen LogP contribution in [0.2, 0.25) is 0 Å². The van der Waals surface area contributed by atoms with Gasteiger partial charge in [0.1, 0.15) is 15.5 Å². The zero-order valence-corrected chi connectivity index (χ0v) is 20.9. The molecule has 1 unspecified atom stereocenters. The molecule has 1 atom stereocenters. The molecule has 1 saturated heterocycles. The van der Waals surface area contributed by atoms with Gasteiger partial charge in [-0.2, -0.15) is 0 Å². The summed E-state index contributed by atoms with van der Waals surface area (Å²) >= 11 is 1.15. The molecule has 8 nitrogen and oxygen atoms in total. The first-order chi connectivity index (χ1) is 17.0. The molecule has 0 bridgehead atoms. The largest absolute Gasteiger partial charge is 0.477 e. The molecule has 4 rings (SSSR count). The first-order valence-electron chi connectivity index (χ1n) is 12.2. The van der Waals surface area contributed by atoms with E-state index in [-0.39, 0.29) is 4.88 Å². The average molecular weight is 499 g/mol. The number of ether oxygens (including phenoxy) is 1. The Kier molecular flexibility index (Phi) is 8.56. The molecule has 3 heterocycles. The summed E-state index contributed by atoms with van der Waals surface area (Å²) in [5.41, 5.74) is 8.66. The second-order valence-electron chi connectivity index (χ2n) is 9.04. The second-order valence-corrected chi connectivity index (χ2v) is 10.0. The Morgan fingerprint density at radius 2 is 2.06 bits per heavy atom. The van der Waals surface area contributed by atoms with Gasteiger partial charge in [0.25, 0.3) is 0 Å². The van der Waals surface area contributed by atoms with Crippen LogP contribution < -0.4 is 16.0 Å². The minimum absolute atomic E-state index is 0.163. The SMILES string of the molecule is CCCc1cc(N2CCC(NCC(O)COCc3ccccc3)CC2)nc2sc(C(=O)O)c(N)c12. The quantitative estimate of drug-likeness (QED) is 0.316. The van der Waals surface area contributed by atoms with Gasteiger partial charge in [-0.3, -0.25) is 0 Å². The Hall–Kier alpha value is -2.72. The van der Waals surface area contributed by atoms with Crippen LogP contribution >= 0.6 is 11.3 Å². The van der Waals surface area contributed by atoms with Crippen LogP contribution in [0.4, 0.5) is 11.5 Å². The van der Waals surface area contributed by atoms with Gasteiger partial charge in [-0.25, -0.2) is 9.78 Å². The lowest BCUT2D eigenvalue weighted by atomic mass is 10.0. The second kappa shape index (κ2) is 11.8. The number of carboxylic acids is 1. The van der Waals surface area contributed by atoms with E-state index in [1.165, 1.54) is 0 Å². The molecule has 1 fully saturated rings. The first kappa shape index (κ1) is 25.4. The third kappa shape index (κ3) is 6.29. The molecule has 0 radical (unpaired) electrons. The molecule has 2 aromatic heterocycles. The van der Waals surface area contributed by atoms with Crippen LogP contribution in [0.15, 0.2) is 36.4 Å². The van der Waals surface area contributed by atoms with Crippen molar-refractivity contribution >= 4 is 39.0 Å². The van der Waals surface area contributed by atoms with Crippen LogP contribution in [0.1, 0.15) is 47.0 Å². The third-order valence-corrected chi connectivity index (χ3v) is 7.45. The van der Waals surface area contributed by atoms with Crippen LogP contribution in [0.5, 0.6) is 0 Å². The zero-order valence-electron chi connectivity index (χ0n) is 20.1. The molecule has 35 heavy (non-hydrogen) atoms. The van der Waals surface area contributed by atoms with Gasteiger partial charge in [-0.15, -0.1) is 11.3 Å². The Bertz CT molecular complexity index is 1130. The van der Waals surface area contributed by atoms with Crippen molar-refractivity contribution < 1.29 is 19.7 Å². The highest BCUT2D eigenvalue weighted by atomic mass is 32.1. The number of aliphatic hydroxyl groups is 1. The van der Waals surface area contributed by atoms with Crippen molar-refractivity contribution in [3.63, 3.8) is 0 Å². The number of aryl methyl sites for hydroxylation is 1. The summed E-state index contributed by atoms with van der Waals surface area (Å²) in [7, 11) is 0. The number of nitrogens with two attached hydrogens (primary N) is 1. The van der Waals surface area contributed by atoms with Gasteiger partial charge in [-0.05, 0) is 36.5 Å². The number of aliphatic hydroxyl groups excluding tert-OH is 1. The van der Waals surface area contributed by atoms with E-state index in [0.29, 0.717) is 36.3 Å². The van der Waals surface area contributed by atoms with Gasteiger partial charge in [0.2, 0.25) is 0 Å². The van der Waals surface area contributed by atoms with Gasteiger partial charge in [-0.1, -0.05) is 43.7 Å². The lowest BCUT2D eigenvalue weighted by molar-refractivity contribution is 0.0272. The molecule has 188 valence electrons. The van der Waals surface area contributed by atoms with E-state index >= 15 is 0 Å². The number of piperidine rings is 1. The van der Waals surface area contributed by atoms with Crippen molar-refractivity contribution in [3.8, 4) is 0 Å². The van der Waals surface area contributed by atoms with Crippen LogP contribution in [0, 0.1) is 0 Å². The number of hydrogen-bond acceptors (Lipinski definition) is 8. The lowest BCUT2D eigenvalue weighted by Crippen LogP contribution is -2.45. The van der Waals surface area contributed by atoms with E-state index in [1.54, 1.807) is 0 Å². The number of aromatic nitrogens is 1. The van der Waals surface area contributed by atoms with Crippen molar-refractivity contribution in [2.24, 2.45) is 0 Å². The van der Waals surface area contributed by atoms with Crippen LogP contribution in [-0.2, 0) is 17.8 Å². The van der Waals surface area contributed by atoms with Crippen LogP contribution in [-0.4, -0.2) is 59.6 Å². The molecular formula is C26H34N4O4S. The lowest BCUT2D eigenvalue weighted by Gasteiger charge is -2.34. The van der Waals surface area contributed by atoms with Crippen molar-refractivity contribution in [2.75, 3.05) is 36.9 Å². The molecule has 0 aliphatic carbocycles. The Labute approximate surface area is 209 Å². The maximum atomic E-state index is 11.6. The minimum atomic E-state index is -1.01. The topological polar surface area (TPSA) is 121 Å². The molecule has 5 N–H and O–H groups in total. The number of hydrogen-bond donors (Lipinski definition) is 4. The number of pyridine rings is 1. The van der Waals surface area contributed by atoms with Crippen molar-refractivity contribution in [1.82, 2.24) is 10.3 Å². The summed E-state index contributed by atoms with van der Waals surface area (Å²) in [6.07, 6.45) is 3.10. The van der Waals surface area contributed by atoms with Crippen molar-refractivity contribution in [3.05, 3.63) is 52.4 Å². The standard InChI is InChI=1S/C26H34N4O4S/c1-2-6-18-13-21(29-25-22(18)23(27)24(35-25)26(32)33)30-11-9-19(10-12-30)28-14-20(31)16-34-15-17-7-4-3-5-8-17/h3-5,7-8,13,19-20,28,31H,2,6,9-12,14-16,27H2,1H3,(H,32,33). The van der Waals surface area contributed by atoms with E-state index in [1.807, 2.05) is 30.3 Å². The van der Waals surface area contributed by atoms with Crippen LogP contribution in [0.25, 0.3) is 10.2 Å². The minimum Gasteiger partial charge on any atom is -0.477 e. The normalized spacial score (nSPS) is 15.5. The zero-order chi connectivity index (χ0) is 24.8. The predicted molar refractivity (Wildman–Crippen MR) is 140 cm³/mol. The first-order valence-corrected chi connectivity index (χ1v) is 13.0. The highest BCUT2D eigenvalue weighted by Crippen LogP contribution is 2.37. The molecule has 0 saturated carbocycles. The van der Waals surface area contributed by atoms with Crippen molar-refractivity contribution in [2.45, 2.75) is 51.4 Å². The summed E-state index contributed by atoms with van der Waals surface area (Å²) in [6.45, 7) is 5.08. The molecule has 1 aromatic carbocycles. The molecule has 0 amide bonds. The number of carbonyl (C=O) groups is 1. The number of nitrogen functional groups attached to an aromatic ring is 1. The van der Waals surface area contributed by atoms with E-state index in [4.69, 9.17) is 15.5 Å². The van der Waals surface area contributed by atoms with Crippen molar-refractivity contribution in [1.29, 1.82) is 0 Å². The number of thiophene rings is 1. The fourth-order valence-electron chi connectivity index (χ4n) is 4.53. The van der Waals surface area contributed by atoms with E-state index in [9.17, 15) is 15.0 Å². The summed E-state index contributed by atoms with van der Waals surface area (Å²) in [5, 5.41) is 24.0. The number of nitrogens with zero attached hydrogens (tertiary/aromatic N) is 2. The van der Waals surface area contributed by atoms with E-state index in [2.05, 4.69) is 23.2 Å². The number of nitrogens with one attached hydrogen (secondary N) is 1. The van der Waals surface area contributed by atoms with Gasteiger partial charge in [0, 0.05) is 31.1 Å². The maximum Gasteiger partial charge on any atom is 0.348 e. The summed E-state index contributed by atoms with van der Waals surface area (Å²) in [5.74, 6) is -0.124. The van der Waals surface area contributed by atoms with E-state index in [0.717, 1.165) is 72.4 Å². The number of benzene rings is 1. The predicted octanol–water partition coefficient (Wildman–Crippen LogP) is 3.67. The van der Waals surface area contributed by atoms with Gasteiger partial charge in [0.05, 0.1) is 25.0 Å². The van der Waals surface area contributed by atoms with E-state index < -0.39 is 12.1 Å². The van der Waals surface area contributed by atoms with Gasteiger partial charge < -0.3 is 30.9 Å². The number of aromatic carboxylic acids is 1. The van der Waals surface area contributed by atoms with Gasteiger partial charge >= 0.3 is 5.97 Å². The fraction of sp³-hybridized carbons (Fsp3) is 0.462. The monoisotopic (exact) mass is 498 g/mol. The molecule has 0 spiro atoms. The summed E-state index contributed by atoms with van der Waals surface area (Å²) < 4.78 is 5.64. The third-order valence-electron chi connectivity index (χ3n) is 6.36. The number of rotatable bonds is 11. The summed E-state index contributed by atoms with van der Waals surface area (Å²) in [6, 6.07) is 12.3. The number of anilines is 2. The molecule has 3 aromatic rings. The fourth-order valence-corrected chi connectivity index (χ4v) is 5.51. The molecule has 1 aliphatic rings. The average Bonchev–Trinajstić information content (AvgIpc) is 3.21. The highest BCUT2D eigenvalue weighted by Gasteiger charge is 2.24. The smallest absolute Gasteiger partial charge is 0.348 e. The highest BCUT2D eigenvalue weighted by molar-refractivity contribution is 7.21. The molecule has 9 heteroatoms. The Morgan fingerprint density at radius 3 is 2.74 bits per heavy atom. The molecular weight excluding hydrogens is 464 g/mol. The molecule has 1 aliphatic heterocycles. The summed E-state index contributed by atoms with van der Waals surface area (Å²) in [4.78, 5) is 19.5. The number of fused-ring (bicyclic) bond motifs is 1. The van der Waals surface area contributed by atoms with Gasteiger partial charge in [0.15, 0.2) is 0 Å².